The Morgan fingerprint density at radius 1 is 1.04 bits per heavy atom. The van der Waals surface area contributed by atoms with Gasteiger partial charge in [-0.25, -0.2) is 0 Å². The minimum atomic E-state index is -0.443. The SMILES string of the molecule is CCOc1ccc(CCN2C(=O)C(Cl)=C(c3cccs3)C2=O)cc1OCC. The van der Waals surface area contributed by atoms with Crippen molar-refractivity contribution in [1.82, 2.24) is 4.90 Å². The summed E-state index contributed by atoms with van der Waals surface area (Å²) in [6, 6.07) is 9.26. The fourth-order valence-electron chi connectivity index (χ4n) is 2.88. The minimum absolute atomic E-state index is 0.0100. The molecule has 0 saturated carbocycles. The van der Waals surface area contributed by atoms with Crippen LogP contribution in [0.1, 0.15) is 24.3 Å². The second-order valence-corrected chi connectivity index (χ2v) is 7.15. The first-order valence-electron chi connectivity index (χ1n) is 8.75. The summed E-state index contributed by atoms with van der Waals surface area (Å²) in [4.78, 5) is 27.0. The van der Waals surface area contributed by atoms with Crippen molar-refractivity contribution in [1.29, 1.82) is 0 Å². The number of imide groups is 1. The number of carbonyl (C=O) groups excluding carboxylic acids is 2. The van der Waals surface area contributed by atoms with Gasteiger partial charge in [0.1, 0.15) is 5.03 Å². The quantitative estimate of drug-likeness (QED) is 0.620. The van der Waals surface area contributed by atoms with Gasteiger partial charge in [-0.2, -0.15) is 0 Å². The van der Waals surface area contributed by atoms with Crippen molar-refractivity contribution in [2.24, 2.45) is 0 Å². The zero-order valence-corrected chi connectivity index (χ0v) is 16.7. The Morgan fingerprint density at radius 3 is 2.44 bits per heavy atom. The first kappa shape index (κ1) is 19.5. The van der Waals surface area contributed by atoms with Crippen molar-refractivity contribution in [3.63, 3.8) is 0 Å². The zero-order chi connectivity index (χ0) is 19.4. The molecule has 2 aromatic rings. The summed E-state index contributed by atoms with van der Waals surface area (Å²) in [7, 11) is 0. The molecule has 3 rings (SSSR count). The highest BCUT2D eigenvalue weighted by Gasteiger charge is 2.38. The van der Waals surface area contributed by atoms with Gasteiger partial charge < -0.3 is 9.47 Å². The molecule has 0 unspecified atom stereocenters. The van der Waals surface area contributed by atoms with E-state index in [9.17, 15) is 9.59 Å². The van der Waals surface area contributed by atoms with Crippen molar-refractivity contribution in [3.8, 4) is 11.5 Å². The molecule has 2 amide bonds. The Bertz CT molecular complexity index is 876. The van der Waals surface area contributed by atoms with Crippen LogP contribution in [-0.4, -0.2) is 36.5 Å². The van der Waals surface area contributed by atoms with Crippen LogP contribution in [-0.2, 0) is 16.0 Å². The van der Waals surface area contributed by atoms with E-state index >= 15 is 0 Å². The third kappa shape index (κ3) is 4.01. The van der Waals surface area contributed by atoms with E-state index in [1.165, 1.54) is 16.2 Å². The molecule has 1 aromatic carbocycles. The first-order valence-corrected chi connectivity index (χ1v) is 10.0. The third-order valence-corrected chi connectivity index (χ3v) is 5.35. The number of hydrogen-bond acceptors (Lipinski definition) is 5. The Kier molecular flexibility index (Phi) is 6.19. The molecule has 27 heavy (non-hydrogen) atoms. The van der Waals surface area contributed by atoms with Crippen LogP contribution in [0, 0.1) is 0 Å². The van der Waals surface area contributed by atoms with Gasteiger partial charge >= 0.3 is 0 Å². The Balaban J connectivity index is 1.73. The molecule has 0 atom stereocenters. The molecule has 0 radical (unpaired) electrons. The predicted octanol–water partition coefficient (Wildman–Crippen LogP) is 4.11. The van der Waals surface area contributed by atoms with E-state index in [1.807, 2.05) is 43.5 Å². The smallest absolute Gasteiger partial charge is 0.273 e. The second kappa shape index (κ2) is 8.59. The van der Waals surface area contributed by atoms with Gasteiger partial charge in [0.15, 0.2) is 11.5 Å². The number of hydrogen-bond donors (Lipinski definition) is 0. The molecule has 0 bridgehead atoms. The molecular weight excluding hydrogens is 386 g/mol. The largest absolute Gasteiger partial charge is 0.490 e. The van der Waals surface area contributed by atoms with E-state index in [0.717, 1.165) is 5.56 Å². The van der Waals surface area contributed by atoms with Crippen LogP contribution in [0.2, 0.25) is 0 Å². The molecule has 0 aliphatic carbocycles. The Hall–Kier alpha value is -2.31. The van der Waals surface area contributed by atoms with E-state index in [1.54, 1.807) is 6.07 Å². The van der Waals surface area contributed by atoms with E-state index in [2.05, 4.69) is 0 Å². The number of carbonyl (C=O) groups is 2. The first-order chi connectivity index (χ1) is 13.1. The maximum Gasteiger partial charge on any atom is 0.273 e. The van der Waals surface area contributed by atoms with Gasteiger partial charge in [0.25, 0.3) is 11.8 Å². The zero-order valence-electron chi connectivity index (χ0n) is 15.2. The molecule has 2 heterocycles. The van der Waals surface area contributed by atoms with Crippen LogP contribution in [0.4, 0.5) is 0 Å². The summed E-state index contributed by atoms with van der Waals surface area (Å²) in [5.41, 5.74) is 1.24. The molecule has 0 fully saturated rings. The number of amides is 2. The lowest BCUT2D eigenvalue weighted by molar-refractivity contribution is -0.136. The van der Waals surface area contributed by atoms with Crippen LogP contribution in [0.25, 0.3) is 5.57 Å². The highest BCUT2D eigenvalue weighted by Crippen LogP contribution is 2.34. The lowest BCUT2D eigenvalue weighted by Gasteiger charge is -2.16. The molecule has 7 heteroatoms. The van der Waals surface area contributed by atoms with E-state index in [-0.39, 0.29) is 17.5 Å². The fourth-order valence-corrected chi connectivity index (χ4v) is 3.98. The molecule has 1 aliphatic heterocycles. The van der Waals surface area contributed by atoms with Gasteiger partial charge in [-0.15, -0.1) is 11.3 Å². The molecule has 5 nitrogen and oxygen atoms in total. The fraction of sp³-hybridized carbons (Fsp3) is 0.300. The highest BCUT2D eigenvalue weighted by molar-refractivity contribution is 7.11. The van der Waals surface area contributed by atoms with Crippen LogP contribution in [0.3, 0.4) is 0 Å². The van der Waals surface area contributed by atoms with E-state index in [4.69, 9.17) is 21.1 Å². The maximum atomic E-state index is 12.7. The maximum absolute atomic E-state index is 12.7. The Morgan fingerprint density at radius 2 is 1.78 bits per heavy atom. The number of nitrogens with zero attached hydrogens (tertiary/aromatic N) is 1. The van der Waals surface area contributed by atoms with E-state index in [0.29, 0.717) is 41.6 Å². The molecule has 1 aromatic heterocycles. The van der Waals surface area contributed by atoms with Crippen molar-refractivity contribution in [2.45, 2.75) is 20.3 Å². The standard InChI is InChI=1S/C20H20ClNO4S/c1-3-25-14-8-7-13(12-15(14)26-4-2)9-10-22-19(23)17(18(21)20(22)24)16-6-5-11-27-16/h5-8,11-12H,3-4,9-10H2,1-2H3. The summed E-state index contributed by atoms with van der Waals surface area (Å²) in [5.74, 6) is 0.553. The topological polar surface area (TPSA) is 55.8 Å². The van der Waals surface area contributed by atoms with Gasteiger partial charge in [0.05, 0.1) is 18.8 Å². The number of benzene rings is 1. The normalized spacial score (nSPS) is 14.3. The number of rotatable bonds is 8. The summed E-state index contributed by atoms with van der Waals surface area (Å²) in [6.07, 6.45) is 0.506. The van der Waals surface area contributed by atoms with Crippen LogP contribution < -0.4 is 9.47 Å². The second-order valence-electron chi connectivity index (χ2n) is 5.83. The van der Waals surface area contributed by atoms with Gasteiger partial charge in [0, 0.05) is 11.4 Å². The number of ether oxygens (including phenoxy) is 2. The van der Waals surface area contributed by atoms with Crippen LogP contribution in [0.5, 0.6) is 11.5 Å². The number of thiophene rings is 1. The van der Waals surface area contributed by atoms with Gasteiger partial charge in [-0.1, -0.05) is 23.7 Å². The average Bonchev–Trinajstić information content (AvgIpc) is 3.24. The monoisotopic (exact) mass is 405 g/mol. The molecule has 0 spiro atoms. The summed E-state index contributed by atoms with van der Waals surface area (Å²) >= 11 is 7.54. The molecule has 1 aliphatic rings. The minimum Gasteiger partial charge on any atom is -0.490 e. The predicted molar refractivity (Wildman–Crippen MR) is 106 cm³/mol. The lowest BCUT2D eigenvalue weighted by Crippen LogP contribution is -2.33. The summed E-state index contributed by atoms with van der Waals surface area (Å²) in [6.45, 7) is 5.14. The van der Waals surface area contributed by atoms with E-state index < -0.39 is 5.91 Å². The van der Waals surface area contributed by atoms with Crippen molar-refractivity contribution in [3.05, 3.63) is 51.2 Å². The summed E-state index contributed by atoms with van der Waals surface area (Å²) < 4.78 is 11.2. The molecular formula is C20H20ClNO4S. The van der Waals surface area contributed by atoms with Crippen LogP contribution in [0.15, 0.2) is 40.7 Å². The highest BCUT2D eigenvalue weighted by atomic mass is 35.5. The lowest BCUT2D eigenvalue weighted by atomic mass is 10.1. The van der Waals surface area contributed by atoms with Gasteiger partial charge in [-0.3, -0.25) is 14.5 Å². The molecule has 142 valence electrons. The van der Waals surface area contributed by atoms with Crippen LogP contribution >= 0.6 is 22.9 Å². The molecule has 0 N–H and O–H groups in total. The Labute approximate surface area is 167 Å². The summed E-state index contributed by atoms with van der Waals surface area (Å²) in [5, 5.41) is 1.84. The number of halogens is 1. The van der Waals surface area contributed by atoms with Gasteiger partial charge in [-0.05, 0) is 49.4 Å². The third-order valence-electron chi connectivity index (χ3n) is 4.11. The van der Waals surface area contributed by atoms with Crippen molar-refractivity contribution in [2.75, 3.05) is 19.8 Å². The van der Waals surface area contributed by atoms with Crippen molar-refractivity contribution < 1.29 is 19.1 Å². The van der Waals surface area contributed by atoms with Crippen molar-refractivity contribution >= 4 is 40.3 Å². The van der Waals surface area contributed by atoms with Gasteiger partial charge in [0.2, 0.25) is 0 Å². The average molecular weight is 406 g/mol. The molecule has 0 saturated heterocycles.